The van der Waals surface area contributed by atoms with Gasteiger partial charge in [0.1, 0.15) is 12.2 Å². The predicted octanol–water partition coefficient (Wildman–Crippen LogP) is 0.964. The first-order valence-electron chi connectivity index (χ1n) is 6.45. The van der Waals surface area contributed by atoms with Crippen LogP contribution in [-0.4, -0.2) is 39.5 Å². The lowest BCUT2D eigenvalue weighted by Gasteiger charge is -2.21. The summed E-state index contributed by atoms with van der Waals surface area (Å²) >= 11 is 0. The largest absolute Gasteiger partial charge is 0.396 e. The van der Waals surface area contributed by atoms with Crippen LogP contribution in [0.5, 0.6) is 0 Å². The maximum absolute atomic E-state index is 11.6. The number of aliphatic hydroxyl groups is 1. The molecule has 2 amide bonds. The average molecular weight is 269 g/mol. The number of carbonyl (C=O) groups is 1. The molecule has 0 aromatic carbocycles. The molecule has 0 aliphatic carbocycles. The Labute approximate surface area is 113 Å². The third kappa shape index (κ3) is 5.69. The number of hydrogen-bond donors (Lipinski definition) is 4. The van der Waals surface area contributed by atoms with Crippen LogP contribution in [0.25, 0.3) is 0 Å². The molecule has 0 aliphatic rings. The zero-order valence-corrected chi connectivity index (χ0v) is 11.7. The van der Waals surface area contributed by atoms with E-state index in [9.17, 15) is 4.79 Å². The minimum Gasteiger partial charge on any atom is -0.396 e. The van der Waals surface area contributed by atoms with Crippen LogP contribution in [0, 0.1) is 5.41 Å². The van der Waals surface area contributed by atoms with Crippen LogP contribution < -0.4 is 10.6 Å². The van der Waals surface area contributed by atoms with Crippen molar-refractivity contribution in [3.8, 4) is 0 Å². The Morgan fingerprint density at radius 2 is 2.32 bits per heavy atom. The van der Waals surface area contributed by atoms with Gasteiger partial charge in [-0.25, -0.2) is 9.78 Å². The molecule has 0 bridgehead atoms. The van der Waals surface area contributed by atoms with Crippen LogP contribution in [0.4, 0.5) is 4.79 Å². The number of aromatic amines is 1. The molecule has 1 rings (SSSR count). The summed E-state index contributed by atoms with van der Waals surface area (Å²) in [6.45, 7) is 6.56. The van der Waals surface area contributed by atoms with Crippen LogP contribution in [-0.2, 0) is 0 Å². The first-order chi connectivity index (χ1) is 8.94. The van der Waals surface area contributed by atoms with Gasteiger partial charge in [0.15, 0.2) is 0 Å². The van der Waals surface area contributed by atoms with E-state index in [0.29, 0.717) is 12.4 Å². The van der Waals surface area contributed by atoms with Crippen molar-refractivity contribution < 1.29 is 9.90 Å². The zero-order valence-electron chi connectivity index (χ0n) is 11.7. The van der Waals surface area contributed by atoms with E-state index < -0.39 is 0 Å². The molecule has 1 aromatic heterocycles. The van der Waals surface area contributed by atoms with Gasteiger partial charge in [-0.05, 0) is 25.2 Å². The second-order valence-corrected chi connectivity index (χ2v) is 5.42. The van der Waals surface area contributed by atoms with E-state index >= 15 is 0 Å². The highest BCUT2D eigenvalue weighted by atomic mass is 16.3. The number of nitrogens with zero attached hydrogens (tertiary/aromatic N) is 2. The molecule has 0 spiro atoms. The fourth-order valence-electron chi connectivity index (χ4n) is 1.59. The Balaban J connectivity index is 2.18. The van der Waals surface area contributed by atoms with Gasteiger partial charge < -0.3 is 15.7 Å². The van der Waals surface area contributed by atoms with Crippen molar-refractivity contribution in [2.45, 2.75) is 39.7 Å². The van der Waals surface area contributed by atoms with Gasteiger partial charge in [-0.1, -0.05) is 13.8 Å². The predicted molar refractivity (Wildman–Crippen MR) is 71.4 cm³/mol. The van der Waals surface area contributed by atoms with E-state index in [2.05, 4.69) is 25.8 Å². The summed E-state index contributed by atoms with van der Waals surface area (Å²) in [6, 6.07) is -0.443. The molecule has 1 aromatic rings. The lowest BCUT2D eigenvalue weighted by Crippen LogP contribution is -2.38. The Morgan fingerprint density at radius 1 is 1.58 bits per heavy atom. The highest BCUT2D eigenvalue weighted by molar-refractivity contribution is 5.74. The Bertz CT molecular complexity index is 377. The molecule has 1 heterocycles. The van der Waals surface area contributed by atoms with Gasteiger partial charge in [0.2, 0.25) is 0 Å². The molecule has 0 saturated heterocycles. The van der Waals surface area contributed by atoms with Crippen molar-refractivity contribution in [2.75, 3.05) is 13.2 Å². The van der Waals surface area contributed by atoms with Gasteiger partial charge in [0, 0.05) is 13.2 Å². The summed E-state index contributed by atoms with van der Waals surface area (Å²) in [4.78, 5) is 15.6. The fraction of sp³-hybridized carbons (Fsp3) is 0.750. The Morgan fingerprint density at radius 3 is 2.89 bits per heavy atom. The fourth-order valence-corrected chi connectivity index (χ4v) is 1.59. The standard InChI is InChI=1S/C12H23N5O2/c1-9(10-14-8-15-17-10)16-11(19)13-6-4-5-12(2,3)7-18/h8-9,18H,4-7H2,1-3H3,(H2,13,16,19)(H,14,15,17). The van der Waals surface area contributed by atoms with Crippen molar-refractivity contribution in [2.24, 2.45) is 5.41 Å². The highest BCUT2D eigenvalue weighted by Gasteiger charge is 2.16. The van der Waals surface area contributed by atoms with Crippen molar-refractivity contribution in [1.82, 2.24) is 25.8 Å². The number of rotatable bonds is 7. The number of H-pyrrole nitrogens is 1. The number of amides is 2. The van der Waals surface area contributed by atoms with Gasteiger partial charge in [0.25, 0.3) is 0 Å². The van der Waals surface area contributed by atoms with Gasteiger partial charge in [-0.15, -0.1) is 0 Å². The zero-order chi connectivity index (χ0) is 14.3. The maximum Gasteiger partial charge on any atom is 0.315 e. The van der Waals surface area contributed by atoms with Gasteiger partial charge in [0.05, 0.1) is 6.04 Å². The van der Waals surface area contributed by atoms with Crippen LogP contribution in [0.2, 0.25) is 0 Å². The Kier molecular flexibility index (Phi) is 5.75. The van der Waals surface area contributed by atoms with Crippen LogP contribution in [0.1, 0.15) is 45.5 Å². The summed E-state index contributed by atoms with van der Waals surface area (Å²) in [6.07, 6.45) is 3.10. The van der Waals surface area contributed by atoms with Gasteiger partial charge in [-0.2, -0.15) is 5.10 Å². The minimum absolute atomic E-state index is 0.0920. The molecule has 1 atom stereocenters. The lowest BCUT2D eigenvalue weighted by molar-refractivity contribution is 0.148. The number of urea groups is 1. The van der Waals surface area contributed by atoms with E-state index in [-0.39, 0.29) is 24.1 Å². The van der Waals surface area contributed by atoms with Crippen LogP contribution in [0.3, 0.4) is 0 Å². The molecule has 1 unspecified atom stereocenters. The molecule has 108 valence electrons. The number of carbonyl (C=O) groups excluding carboxylic acids is 1. The molecule has 0 saturated carbocycles. The topological polar surface area (TPSA) is 103 Å². The summed E-state index contributed by atoms with van der Waals surface area (Å²) in [5.41, 5.74) is -0.0920. The van der Waals surface area contributed by atoms with Crippen molar-refractivity contribution in [1.29, 1.82) is 0 Å². The van der Waals surface area contributed by atoms with Crippen molar-refractivity contribution >= 4 is 6.03 Å². The van der Waals surface area contributed by atoms with E-state index in [1.165, 1.54) is 6.33 Å². The quantitative estimate of drug-likeness (QED) is 0.554. The lowest BCUT2D eigenvalue weighted by atomic mass is 9.89. The second-order valence-electron chi connectivity index (χ2n) is 5.42. The second kappa shape index (κ2) is 7.08. The third-order valence-electron chi connectivity index (χ3n) is 2.94. The molecule has 7 heteroatoms. The Hall–Kier alpha value is -1.63. The minimum atomic E-state index is -0.231. The molecule has 19 heavy (non-hydrogen) atoms. The smallest absolute Gasteiger partial charge is 0.315 e. The number of aromatic nitrogens is 3. The summed E-state index contributed by atoms with van der Waals surface area (Å²) in [5, 5.41) is 21.1. The summed E-state index contributed by atoms with van der Waals surface area (Å²) in [5.74, 6) is 0.622. The highest BCUT2D eigenvalue weighted by Crippen LogP contribution is 2.20. The van der Waals surface area contributed by atoms with Crippen molar-refractivity contribution in [3.63, 3.8) is 0 Å². The van der Waals surface area contributed by atoms with Gasteiger partial charge in [-0.3, -0.25) is 5.10 Å². The van der Waals surface area contributed by atoms with Crippen LogP contribution in [0.15, 0.2) is 6.33 Å². The maximum atomic E-state index is 11.6. The molecule has 0 aliphatic heterocycles. The number of aliphatic hydroxyl groups excluding tert-OH is 1. The van der Waals surface area contributed by atoms with Gasteiger partial charge >= 0.3 is 6.03 Å². The van der Waals surface area contributed by atoms with E-state index in [4.69, 9.17) is 5.11 Å². The average Bonchev–Trinajstić information content (AvgIpc) is 2.88. The number of hydrogen-bond acceptors (Lipinski definition) is 4. The molecule has 7 nitrogen and oxygen atoms in total. The van der Waals surface area contributed by atoms with E-state index in [1.807, 2.05) is 20.8 Å². The van der Waals surface area contributed by atoms with Crippen LogP contribution >= 0.6 is 0 Å². The monoisotopic (exact) mass is 269 g/mol. The first kappa shape index (κ1) is 15.4. The van der Waals surface area contributed by atoms with E-state index in [1.54, 1.807) is 0 Å². The SMILES string of the molecule is CC(NC(=O)NCCCC(C)(C)CO)c1ncn[nH]1. The third-order valence-corrected chi connectivity index (χ3v) is 2.94. The normalized spacial score (nSPS) is 13.1. The molecular formula is C12H23N5O2. The molecule has 0 radical (unpaired) electrons. The van der Waals surface area contributed by atoms with E-state index in [0.717, 1.165) is 12.8 Å². The molecule has 0 fully saturated rings. The number of nitrogens with one attached hydrogen (secondary N) is 3. The summed E-state index contributed by atoms with van der Waals surface area (Å²) < 4.78 is 0. The van der Waals surface area contributed by atoms with Crippen molar-refractivity contribution in [3.05, 3.63) is 12.2 Å². The molecular weight excluding hydrogens is 246 g/mol. The first-order valence-corrected chi connectivity index (χ1v) is 6.45. The molecule has 4 N–H and O–H groups in total. The summed E-state index contributed by atoms with van der Waals surface area (Å²) in [7, 11) is 0.